The Hall–Kier alpha value is -1.17. The minimum absolute atomic E-state index is 0.0804. The summed E-state index contributed by atoms with van der Waals surface area (Å²) in [4.78, 5) is 1.80. The first-order valence-electron chi connectivity index (χ1n) is 6.38. The highest BCUT2D eigenvalue weighted by molar-refractivity contribution is 7.86. The zero-order valence-corrected chi connectivity index (χ0v) is 11.2. The van der Waals surface area contributed by atoms with Crippen LogP contribution in [0.4, 0.5) is 14.0 Å². The van der Waals surface area contributed by atoms with Crippen LogP contribution in [-0.4, -0.2) is 27.3 Å². The average molecular weight is 287 g/mol. The highest BCUT2D eigenvalue weighted by Crippen LogP contribution is 2.53. The Labute approximate surface area is 111 Å². The van der Waals surface area contributed by atoms with E-state index < -0.39 is 16.0 Å². The summed E-state index contributed by atoms with van der Waals surface area (Å²) in [5.74, 6) is -0.776. The maximum absolute atomic E-state index is 14.0. The van der Waals surface area contributed by atoms with E-state index in [1.165, 1.54) is 6.07 Å². The number of rotatable bonds is 3. The van der Waals surface area contributed by atoms with Crippen molar-refractivity contribution in [1.29, 1.82) is 0 Å². The van der Waals surface area contributed by atoms with E-state index in [1.54, 1.807) is 17.0 Å². The van der Waals surface area contributed by atoms with Crippen LogP contribution in [0.25, 0.3) is 0 Å². The van der Waals surface area contributed by atoms with Gasteiger partial charge in [0, 0.05) is 29.8 Å². The Kier molecular flexibility index (Phi) is 2.81. The van der Waals surface area contributed by atoms with Gasteiger partial charge in [0.05, 0.1) is 5.75 Å². The Bertz CT molecular complexity index is 611. The highest BCUT2D eigenvalue weighted by atomic mass is 32.3. The van der Waals surface area contributed by atoms with Gasteiger partial charge in [-0.15, -0.1) is 3.89 Å². The van der Waals surface area contributed by atoms with E-state index >= 15 is 0 Å². The van der Waals surface area contributed by atoms with E-state index in [-0.39, 0.29) is 17.8 Å². The van der Waals surface area contributed by atoms with Crippen molar-refractivity contribution in [3.63, 3.8) is 0 Å². The van der Waals surface area contributed by atoms with Crippen LogP contribution in [0, 0.1) is 5.82 Å². The Morgan fingerprint density at radius 1 is 1.32 bits per heavy atom. The molecule has 0 radical (unpaired) electrons. The second-order valence-electron chi connectivity index (χ2n) is 5.43. The monoisotopic (exact) mass is 287 g/mol. The predicted molar refractivity (Wildman–Crippen MR) is 69.0 cm³/mol. The number of hydrogen-bond donors (Lipinski definition) is 0. The second kappa shape index (κ2) is 4.16. The van der Waals surface area contributed by atoms with E-state index in [4.69, 9.17) is 0 Å². The number of halogens is 2. The van der Waals surface area contributed by atoms with Crippen LogP contribution >= 0.6 is 0 Å². The molecule has 0 saturated heterocycles. The molecule has 6 heteroatoms. The van der Waals surface area contributed by atoms with E-state index in [0.717, 1.165) is 24.9 Å². The Morgan fingerprint density at radius 3 is 2.63 bits per heavy atom. The van der Waals surface area contributed by atoms with Gasteiger partial charge in [-0.05, 0) is 25.0 Å². The fraction of sp³-hybridized carbons (Fsp3) is 0.538. The van der Waals surface area contributed by atoms with Crippen molar-refractivity contribution in [2.24, 2.45) is 0 Å². The quantitative estimate of drug-likeness (QED) is 0.801. The zero-order valence-electron chi connectivity index (χ0n) is 10.4. The Morgan fingerprint density at radius 2 is 2.05 bits per heavy atom. The first-order valence-corrected chi connectivity index (χ1v) is 7.93. The molecule has 2 aliphatic rings. The lowest BCUT2D eigenvalue weighted by Gasteiger charge is -2.39. The van der Waals surface area contributed by atoms with Crippen LogP contribution < -0.4 is 4.90 Å². The topological polar surface area (TPSA) is 37.4 Å². The summed E-state index contributed by atoms with van der Waals surface area (Å²) < 4.78 is 48.0. The summed E-state index contributed by atoms with van der Waals surface area (Å²) in [6.45, 7) is 0.676. The van der Waals surface area contributed by atoms with Gasteiger partial charge < -0.3 is 4.90 Å². The standard InChI is InChI=1S/C13H15F2NO2S/c14-10-3-1-4-11-12(10)13(5-2-6-13)9-16(11)7-8-19(15,17)18/h1,3-4H,2,5-9H2. The van der Waals surface area contributed by atoms with Gasteiger partial charge >= 0.3 is 10.2 Å². The molecular weight excluding hydrogens is 272 g/mol. The fourth-order valence-electron chi connectivity index (χ4n) is 3.26. The van der Waals surface area contributed by atoms with Gasteiger partial charge in [-0.25, -0.2) is 4.39 Å². The molecule has 0 bridgehead atoms. The summed E-state index contributed by atoms with van der Waals surface area (Å²) >= 11 is 0. The molecule has 1 aliphatic carbocycles. The summed E-state index contributed by atoms with van der Waals surface area (Å²) in [5, 5.41) is 0. The van der Waals surface area contributed by atoms with E-state index in [1.807, 2.05) is 0 Å². The van der Waals surface area contributed by atoms with Crippen molar-refractivity contribution in [2.75, 3.05) is 23.7 Å². The van der Waals surface area contributed by atoms with Gasteiger partial charge in [0.15, 0.2) is 0 Å². The third-order valence-electron chi connectivity index (χ3n) is 4.27. The summed E-state index contributed by atoms with van der Waals surface area (Å²) in [5.41, 5.74) is 1.24. The lowest BCUT2D eigenvalue weighted by atomic mass is 9.65. The Balaban J connectivity index is 1.92. The fourth-order valence-corrected chi connectivity index (χ4v) is 3.70. The van der Waals surface area contributed by atoms with Gasteiger partial charge in [-0.1, -0.05) is 12.5 Å². The first-order chi connectivity index (χ1) is 8.91. The molecule has 1 saturated carbocycles. The van der Waals surface area contributed by atoms with E-state index in [0.29, 0.717) is 12.1 Å². The van der Waals surface area contributed by atoms with Crippen LogP contribution in [0.2, 0.25) is 0 Å². The maximum atomic E-state index is 14.0. The molecule has 1 spiro atoms. The van der Waals surface area contributed by atoms with Crippen LogP contribution in [0.15, 0.2) is 18.2 Å². The average Bonchev–Trinajstić information content (AvgIpc) is 2.61. The van der Waals surface area contributed by atoms with Gasteiger partial charge in [0.25, 0.3) is 0 Å². The smallest absolute Gasteiger partial charge is 0.304 e. The minimum Gasteiger partial charge on any atom is -0.369 e. The van der Waals surface area contributed by atoms with Crippen molar-refractivity contribution in [1.82, 2.24) is 0 Å². The molecule has 0 aromatic heterocycles. The highest BCUT2D eigenvalue weighted by Gasteiger charge is 2.48. The van der Waals surface area contributed by atoms with Crippen LogP contribution in [0.1, 0.15) is 24.8 Å². The molecule has 3 nitrogen and oxygen atoms in total. The lowest BCUT2D eigenvalue weighted by Crippen LogP contribution is -2.40. The number of hydrogen-bond acceptors (Lipinski definition) is 3. The van der Waals surface area contributed by atoms with Crippen molar-refractivity contribution in [2.45, 2.75) is 24.7 Å². The van der Waals surface area contributed by atoms with E-state index in [9.17, 15) is 16.7 Å². The molecule has 3 rings (SSSR count). The van der Waals surface area contributed by atoms with Crippen molar-refractivity contribution >= 4 is 15.9 Å². The number of nitrogens with zero attached hydrogens (tertiary/aromatic N) is 1. The van der Waals surface area contributed by atoms with Gasteiger partial charge in [0.1, 0.15) is 5.82 Å². The summed E-state index contributed by atoms with van der Waals surface area (Å²) in [7, 11) is -4.49. The maximum Gasteiger partial charge on any atom is 0.304 e. The van der Waals surface area contributed by atoms with Crippen molar-refractivity contribution in [3.05, 3.63) is 29.6 Å². The zero-order chi connectivity index (χ0) is 13.7. The summed E-state index contributed by atoms with van der Waals surface area (Å²) in [6.07, 6.45) is 2.89. The molecule has 1 aromatic carbocycles. The number of anilines is 1. The molecule has 1 heterocycles. The molecule has 1 fully saturated rings. The second-order valence-corrected chi connectivity index (χ2v) is 6.92. The minimum atomic E-state index is -4.49. The number of benzene rings is 1. The summed E-state index contributed by atoms with van der Waals surface area (Å²) in [6, 6.07) is 4.84. The molecule has 1 aromatic rings. The molecule has 0 atom stereocenters. The molecular formula is C13H15F2NO2S. The molecule has 104 valence electrons. The molecule has 0 amide bonds. The SMILES string of the molecule is O=S(=O)(F)CCN1CC2(CCC2)c2c(F)cccc21. The molecule has 19 heavy (non-hydrogen) atoms. The van der Waals surface area contributed by atoms with Crippen molar-refractivity contribution in [3.8, 4) is 0 Å². The third-order valence-corrected chi connectivity index (χ3v) is 4.94. The number of fused-ring (bicyclic) bond motifs is 2. The van der Waals surface area contributed by atoms with Crippen LogP contribution in [0.3, 0.4) is 0 Å². The molecule has 1 aliphatic heterocycles. The predicted octanol–water partition coefficient (Wildman–Crippen LogP) is 2.37. The first kappa shape index (κ1) is 12.8. The molecule has 0 unspecified atom stereocenters. The molecule has 0 N–H and O–H groups in total. The lowest BCUT2D eigenvalue weighted by molar-refractivity contribution is 0.256. The van der Waals surface area contributed by atoms with Gasteiger partial charge in [-0.3, -0.25) is 0 Å². The van der Waals surface area contributed by atoms with E-state index in [2.05, 4.69) is 0 Å². The van der Waals surface area contributed by atoms with Crippen LogP contribution in [0.5, 0.6) is 0 Å². The third kappa shape index (κ3) is 2.12. The normalized spacial score (nSPS) is 20.4. The van der Waals surface area contributed by atoms with Gasteiger partial charge in [0.2, 0.25) is 0 Å². The van der Waals surface area contributed by atoms with Crippen molar-refractivity contribution < 1.29 is 16.7 Å². The van der Waals surface area contributed by atoms with Crippen LogP contribution in [-0.2, 0) is 15.6 Å². The van der Waals surface area contributed by atoms with Gasteiger partial charge in [-0.2, -0.15) is 8.42 Å². The largest absolute Gasteiger partial charge is 0.369 e.